The van der Waals surface area contributed by atoms with Crippen LogP contribution in [0.1, 0.15) is 15.9 Å². The monoisotopic (exact) mass is 280 g/mol. The molecule has 4 nitrogen and oxygen atoms in total. The fourth-order valence-electron chi connectivity index (χ4n) is 1.98. The highest BCUT2D eigenvalue weighted by Gasteiger charge is 2.11. The first-order valence-corrected chi connectivity index (χ1v) is 6.52. The van der Waals surface area contributed by atoms with Gasteiger partial charge in [-0.3, -0.25) is 4.79 Å². The lowest BCUT2D eigenvalue weighted by atomic mass is 10.1. The number of benzene rings is 2. The summed E-state index contributed by atoms with van der Waals surface area (Å²) >= 11 is 0. The summed E-state index contributed by atoms with van der Waals surface area (Å²) in [6, 6.07) is 16.3. The number of nitrogens with zero attached hydrogens (tertiary/aromatic N) is 2. The first-order chi connectivity index (χ1) is 10.1. The first kappa shape index (κ1) is 14.6. The topological polar surface area (TPSA) is 53.3 Å². The van der Waals surface area contributed by atoms with Crippen molar-refractivity contribution in [1.82, 2.24) is 0 Å². The molecular weight excluding hydrogens is 264 g/mol. The van der Waals surface area contributed by atoms with Crippen molar-refractivity contribution < 1.29 is 9.53 Å². The molecule has 0 fully saturated rings. The van der Waals surface area contributed by atoms with E-state index in [1.165, 1.54) is 0 Å². The molecule has 0 heterocycles. The van der Waals surface area contributed by atoms with Crippen molar-refractivity contribution in [2.75, 3.05) is 25.6 Å². The van der Waals surface area contributed by atoms with Gasteiger partial charge in [0.1, 0.15) is 5.75 Å². The lowest BCUT2D eigenvalue weighted by molar-refractivity contribution is 0.1000. The summed E-state index contributed by atoms with van der Waals surface area (Å²) in [5.74, 6) is 0.683. The predicted octanol–water partition coefficient (Wildman–Crippen LogP) is 2.89. The third-order valence-corrected chi connectivity index (χ3v) is 3.21. The molecule has 0 aliphatic carbocycles. The fraction of sp³-hybridized carbons (Fsp3) is 0.176. The van der Waals surface area contributed by atoms with Gasteiger partial charge in [0.25, 0.3) is 0 Å². The van der Waals surface area contributed by atoms with Gasteiger partial charge in [-0.25, -0.2) is 0 Å². The molecule has 0 saturated carbocycles. The molecular formula is C17H16N2O2. The van der Waals surface area contributed by atoms with Crippen LogP contribution in [0, 0.1) is 11.3 Å². The van der Waals surface area contributed by atoms with Gasteiger partial charge >= 0.3 is 0 Å². The minimum Gasteiger partial charge on any atom is -0.497 e. The fourth-order valence-corrected chi connectivity index (χ4v) is 1.98. The van der Waals surface area contributed by atoms with Crippen LogP contribution in [0.5, 0.6) is 5.75 Å². The molecule has 2 aromatic rings. The average molecular weight is 280 g/mol. The summed E-state index contributed by atoms with van der Waals surface area (Å²) in [7, 11) is 3.42. The lowest BCUT2D eigenvalue weighted by Crippen LogP contribution is -2.25. The minimum absolute atomic E-state index is 0.0146. The van der Waals surface area contributed by atoms with E-state index in [4.69, 9.17) is 10.00 Å². The van der Waals surface area contributed by atoms with Gasteiger partial charge in [0, 0.05) is 18.3 Å². The second-order valence-corrected chi connectivity index (χ2v) is 4.67. The molecule has 0 atom stereocenters. The Balaban J connectivity index is 2.09. The Bertz CT molecular complexity index is 672. The van der Waals surface area contributed by atoms with E-state index in [9.17, 15) is 4.79 Å². The molecule has 0 N–H and O–H groups in total. The van der Waals surface area contributed by atoms with Gasteiger partial charge < -0.3 is 9.64 Å². The standard InChI is InChI=1S/C17H16N2O2/c1-19(15-8-6-13(11-18)7-9-15)12-17(20)14-4-3-5-16(10-14)21-2/h3-10H,12H2,1-2H3. The van der Waals surface area contributed by atoms with Gasteiger partial charge in [0.2, 0.25) is 0 Å². The highest BCUT2D eigenvalue weighted by molar-refractivity contribution is 5.99. The van der Waals surface area contributed by atoms with E-state index in [0.717, 1.165) is 5.69 Å². The van der Waals surface area contributed by atoms with E-state index < -0.39 is 0 Å². The molecule has 2 aromatic carbocycles. The molecule has 0 aromatic heterocycles. The first-order valence-electron chi connectivity index (χ1n) is 6.52. The molecule has 106 valence electrons. The van der Waals surface area contributed by atoms with E-state index in [1.807, 2.05) is 24.1 Å². The Morgan fingerprint density at radius 1 is 1.24 bits per heavy atom. The van der Waals surface area contributed by atoms with Gasteiger partial charge in [0.15, 0.2) is 5.78 Å². The van der Waals surface area contributed by atoms with E-state index in [1.54, 1.807) is 43.5 Å². The predicted molar refractivity (Wildman–Crippen MR) is 81.8 cm³/mol. The van der Waals surface area contributed by atoms with Crippen molar-refractivity contribution in [3.8, 4) is 11.8 Å². The smallest absolute Gasteiger partial charge is 0.182 e. The van der Waals surface area contributed by atoms with Crippen LogP contribution in [0.4, 0.5) is 5.69 Å². The summed E-state index contributed by atoms with van der Waals surface area (Å²) < 4.78 is 5.12. The van der Waals surface area contributed by atoms with Crippen LogP contribution in [0.15, 0.2) is 48.5 Å². The van der Waals surface area contributed by atoms with Crippen LogP contribution in [0.2, 0.25) is 0 Å². The molecule has 0 aliphatic rings. The average Bonchev–Trinajstić information content (AvgIpc) is 2.54. The van der Waals surface area contributed by atoms with E-state index in [0.29, 0.717) is 16.9 Å². The van der Waals surface area contributed by atoms with Gasteiger partial charge in [-0.1, -0.05) is 12.1 Å². The SMILES string of the molecule is COc1cccc(C(=O)CN(C)c2ccc(C#N)cc2)c1. The molecule has 0 unspecified atom stereocenters. The minimum atomic E-state index is 0.0146. The van der Waals surface area contributed by atoms with Gasteiger partial charge in [-0.05, 0) is 36.4 Å². The van der Waals surface area contributed by atoms with Crippen molar-refractivity contribution in [2.24, 2.45) is 0 Å². The second-order valence-electron chi connectivity index (χ2n) is 4.67. The van der Waals surface area contributed by atoms with Crippen molar-refractivity contribution in [3.63, 3.8) is 0 Å². The Hall–Kier alpha value is -2.80. The van der Waals surface area contributed by atoms with Crippen LogP contribution in [-0.4, -0.2) is 26.5 Å². The Morgan fingerprint density at radius 3 is 2.57 bits per heavy atom. The number of carbonyl (C=O) groups excluding carboxylic acids is 1. The van der Waals surface area contributed by atoms with E-state index >= 15 is 0 Å². The summed E-state index contributed by atoms with van der Waals surface area (Å²) in [5, 5.41) is 8.78. The lowest BCUT2D eigenvalue weighted by Gasteiger charge is -2.18. The zero-order valence-corrected chi connectivity index (χ0v) is 12.0. The molecule has 0 radical (unpaired) electrons. The van der Waals surface area contributed by atoms with Crippen LogP contribution in [-0.2, 0) is 0 Å². The number of anilines is 1. The molecule has 4 heteroatoms. The quantitative estimate of drug-likeness (QED) is 0.790. The number of nitriles is 1. The summed E-state index contributed by atoms with van der Waals surface area (Å²) in [5.41, 5.74) is 2.12. The number of hydrogen-bond donors (Lipinski definition) is 0. The molecule has 0 amide bonds. The van der Waals surface area contributed by atoms with Crippen molar-refractivity contribution in [3.05, 3.63) is 59.7 Å². The molecule has 0 aliphatic heterocycles. The third kappa shape index (κ3) is 3.61. The van der Waals surface area contributed by atoms with Crippen LogP contribution < -0.4 is 9.64 Å². The van der Waals surface area contributed by atoms with Crippen LogP contribution in [0.3, 0.4) is 0 Å². The summed E-state index contributed by atoms with van der Waals surface area (Å²) in [4.78, 5) is 14.1. The third-order valence-electron chi connectivity index (χ3n) is 3.21. The number of likely N-dealkylation sites (N-methyl/N-ethyl adjacent to an activating group) is 1. The number of rotatable bonds is 5. The number of Topliss-reactive ketones (excluding diaryl/α,β-unsaturated/α-hetero) is 1. The van der Waals surface area contributed by atoms with Gasteiger partial charge in [0.05, 0.1) is 25.3 Å². The number of ether oxygens (including phenoxy) is 1. The maximum atomic E-state index is 12.3. The summed E-state index contributed by atoms with van der Waals surface area (Å²) in [6.45, 7) is 0.263. The highest BCUT2D eigenvalue weighted by Crippen LogP contribution is 2.16. The largest absolute Gasteiger partial charge is 0.497 e. The second kappa shape index (κ2) is 6.58. The maximum absolute atomic E-state index is 12.3. The van der Waals surface area contributed by atoms with Gasteiger partial charge in [-0.2, -0.15) is 5.26 Å². The number of carbonyl (C=O) groups is 1. The number of methoxy groups -OCH3 is 1. The normalized spacial score (nSPS) is 9.76. The molecule has 0 saturated heterocycles. The number of ketones is 1. The maximum Gasteiger partial charge on any atom is 0.182 e. The molecule has 21 heavy (non-hydrogen) atoms. The van der Waals surface area contributed by atoms with Crippen LogP contribution >= 0.6 is 0 Å². The van der Waals surface area contributed by atoms with Crippen molar-refractivity contribution in [2.45, 2.75) is 0 Å². The van der Waals surface area contributed by atoms with E-state index in [-0.39, 0.29) is 12.3 Å². The molecule has 0 spiro atoms. The molecule has 2 rings (SSSR count). The summed E-state index contributed by atoms with van der Waals surface area (Å²) in [6.07, 6.45) is 0. The molecule has 0 bridgehead atoms. The van der Waals surface area contributed by atoms with Crippen LogP contribution in [0.25, 0.3) is 0 Å². The number of hydrogen-bond acceptors (Lipinski definition) is 4. The Labute approximate surface area is 124 Å². The highest BCUT2D eigenvalue weighted by atomic mass is 16.5. The van der Waals surface area contributed by atoms with Gasteiger partial charge in [-0.15, -0.1) is 0 Å². The van der Waals surface area contributed by atoms with E-state index in [2.05, 4.69) is 6.07 Å². The van der Waals surface area contributed by atoms with Crippen molar-refractivity contribution in [1.29, 1.82) is 5.26 Å². The zero-order chi connectivity index (χ0) is 15.2. The Kier molecular flexibility index (Phi) is 4.57. The zero-order valence-electron chi connectivity index (χ0n) is 12.0. The Morgan fingerprint density at radius 2 is 1.95 bits per heavy atom. The van der Waals surface area contributed by atoms with Crippen molar-refractivity contribution >= 4 is 11.5 Å².